The van der Waals surface area contributed by atoms with Crippen molar-refractivity contribution in [1.82, 2.24) is 4.98 Å². The number of aliphatic hydroxyl groups is 1. The van der Waals surface area contributed by atoms with Gasteiger partial charge in [-0.25, -0.2) is 0 Å². The number of hydrogen-bond donors (Lipinski definition) is 1. The van der Waals surface area contributed by atoms with E-state index in [1.165, 1.54) is 80.6 Å². The summed E-state index contributed by atoms with van der Waals surface area (Å²) in [5.41, 5.74) is 11.5. The molecule has 7 rings (SSSR count). The van der Waals surface area contributed by atoms with Gasteiger partial charge in [-0.1, -0.05) is 163 Å². The van der Waals surface area contributed by atoms with Gasteiger partial charge < -0.3 is 5.11 Å². The number of thiophene rings is 1. The number of allylic oxidation sites excluding steroid dienone is 2. The van der Waals surface area contributed by atoms with Crippen molar-refractivity contribution in [3.63, 3.8) is 0 Å². The van der Waals surface area contributed by atoms with Gasteiger partial charge in [0.2, 0.25) is 0 Å². The first-order chi connectivity index (χ1) is 30.3. The zero-order chi connectivity index (χ0) is 46.7. The fourth-order valence-electron chi connectivity index (χ4n) is 10.8. The molecule has 3 nitrogen and oxygen atoms in total. The summed E-state index contributed by atoms with van der Waals surface area (Å²) in [6.45, 7) is 31.6. The Hall–Kier alpha value is -3.67. The Morgan fingerprint density at radius 2 is 1.32 bits per heavy atom. The van der Waals surface area contributed by atoms with Crippen LogP contribution in [0.4, 0.5) is 0 Å². The van der Waals surface area contributed by atoms with Crippen molar-refractivity contribution in [2.45, 2.75) is 159 Å². The second-order valence-electron chi connectivity index (χ2n) is 21.0. The van der Waals surface area contributed by atoms with Crippen LogP contribution in [0.2, 0.25) is 5.54 Å². The van der Waals surface area contributed by atoms with Gasteiger partial charge in [-0.3, -0.25) is 9.78 Å². The summed E-state index contributed by atoms with van der Waals surface area (Å²) in [5.74, 6) is 0.547. The number of carbonyl (C=O) groups excluding carboxylic acids is 1. The Labute approximate surface area is 411 Å². The Bertz CT molecular complexity index is 2540. The fraction of sp³-hybridized carbons (Fsp3) is 0.458. The third kappa shape index (κ3) is 11.2. The van der Waals surface area contributed by atoms with Gasteiger partial charge in [0.1, 0.15) is 0 Å². The van der Waals surface area contributed by atoms with E-state index in [1.54, 1.807) is 14.9 Å². The van der Waals surface area contributed by atoms with E-state index >= 15 is 0 Å². The molecule has 0 amide bonds. The van der Waals surface area contributed by atoms with E-state index in [1.807, 2.05) is 33.9 Å². The van der Waals surface area contributed by atoms with Crippen molar-refractivity contribution >= 4 is 60.9 Å². The molecule has 1 aliphatic carbocycles. The molecule has 0 atom stereocenters. The Kier molecular flexibility index (Phi) is 17.3. The van der Waals surface area contributed by atoms with Gasteiger partial charge in [0.05, 0.1) is 5.76 Å². The Balaban J connectivity index is 0.000000428. The maximum Gasteiger partial charge on any atom is 0.163 e. The summed E-state index contributed by atoms with van der Waals surface area (Å²) in [4.78, 5) is 16.9. The number of aryl methyl sites for hydroxylation is 5. The van der Waals surface area contributed by atoms with Crippen molar-refractivity contribution in [2.75, 3.05) is 0 Å². The van der Waals surface area contributed by atoms with Gasteiger partial charge in [0, 0.05) is 59.1 Å². The predicted molar refractivity (Wildman–Crippen MR) is 281 cm³/mol. The van der Waals surface area contributed by atoms with Gasteiger partial charge in [0.15, 0.2) is 13.9 Å². The van der Waals surface area contributed by atoms with E-state index in [2.05, 4.69) is 159 Å². The van der Waals surface area contributed by atoms with Crippen LogP contribution >= 0.6 is 11.3 Å². The fourth-order valence-corrected chi connectivity index (χ4v) is 19.9. The van der Waals surface area contributed by atoms with Crippen LogP contribution in [0.15, 0.2) is 90.8 Å². The molecule has 6 heteroatoms. The number of hydrogen-bond acceptors (Lipinski definition) is 4. The number of rotatable bonds is 12. The van der Waals surface area contributed by atoms with E-state index in [0.29, 0.717) is 11.0 Å². The largest absolute Gasteiger partial charge is 0.512 e. The quantitative estimate of drug-likeness (QED) is 0.0575. The molecule has 1 saturated carbocycles. The Morgan fingerprint density at radius 3 is 1.83 bits per heavy atom. The number of aliphatic hydroxyl groups excluding tert-OH is 1. The summed E-state index contributed by atoms with van der Waals surface area (Å²) in [5, 5.41) is 16.7. The van der Waals surface area contributed by atoms with Crippen LogP contribution in [-0.4, -0.2) is 23.9 Å². The monoisotopic (exact) mass is 1080 g/mol. The van der Waals surface area contributed by atoms with Crippen LogP contribution in [0.3, 0.4) is 0 Å². The smallest absolute Gasteiger partial charge is 0.163 e. The molecule has 0 spiro atoms. The zero-order valence-corrected chi connectivity index (χ0v) is 46.2. The number of nitrogens with zero attached hydrogens (tertiary/aromatic N) is 1. The number of benzene rings is 4. The summed E-state index contributed by atoms with van der Waals surface area (Å²) >= 11 is 2.06. The normalized spacial score (nSPS) is 14.7. The molecule has 0 bridgehead atoms. The van der Waals surface area contributed by atoms with Gasteiger partial charge in [-0.05, 0) is 117 Å². The van der Waals surface area contributed by atoms with Crippen molar-refractivity contribution in [2.24, 2.45) is 17.3 Å². The SMILES string of the molecule is CCC(CC)C(=O)/C=C(\O)C(CC)CC.Cc1cc(C)cc([Si](c2cc(C)cc(C)c2)(c2sc3c(-c4[c-]c5ccccc5c(C(C)(C)C)c4)nccc3c2C)C2CCC(C)(C)CC2)c1.[Ir]. The topological polar surface area (TPSA) is 50.2 Å². The standard InChI is InChI=1S/C46H52NSSi.C13H24O2.Ir/c1-29-21-30(2)24-37(23-29)49(36-15-18-46(9,10)19-16-36,38-25-31(3)22-32(4)26-38)44-33(5)39-17-20-47-42(43(39)48-44)35-27-34-13-11-12-14-40(34)41(28-35)45(6,7)8;1-5-10(6-2)12(14)9-13(15)11(7-3)8-4;/h11-14,17,20-26,28,36H,15-16,18-19H2,1-10H3;9-11,14H,5-8H2,1-4H3;/q-1;;/b;12-9-;. The minimum Gasteiger partial charge on any atom is -0.512 e. The minimum atomic E-state index is -2.57. The number of carbonyl (C=O) groups is 1. The van der Waals surface area contributed by atoms with Gasteiger partial charge in [0.25, 0.3) is 0 Å². The predicted octanol–water partition coefficient (Wildman–Crippen LogP) is 15.1. The van der Waals surface area contributed by atoms with Gasteiger partial charge in [-0.2, -0.15) is 0 Å². The first-order valence-electron chi connectivity index (χ1n) is 24.2. The maximum atomic E-state index is 11.7. The molecular weight excluding hydrogens is 1010 g/mol. The number of ketones is 1. The van der Waals surface area contributed by atoms with Crippen molar-refractivity contribution in [1.29, 1.82) is 0 Å². The molecule has 0 saturated heterocycles. The molecular formula is C59H76IrNO2SSi-. The van der Waals surface area contributed by atoms with E-state index in [0.717, 1.165) is 42.3 Å². The molecule has 2 aromatic heterocycles. The second-order valence-corrected chi connectivity index (χ2v) is 26.5. The minimum absolute atomic E-state index is 0. The zero-order valence-electron chi connectivity index (χ0n) is 42.0. The van der Waals surface area contributed by atoms with Crippen LogP contribution in [0.25, 0.3) is 32.1 Å². The number of aromatic nitrogens is 1. The average Bonchev–Trinajstić information content (AvgIpc) is 3.57. The van der Waals surface area contributed by atoms with Gasteiger partial charge >= 0.3 is 0 Å². The molecule has 2 heterocycles. The third-order valence-corrected chi connectivity index (χ3v) is 22.1. The van der Waals surface area contributed by atoms with E-state index in [-0.39, 0.29) is 48.9 Å². The average molecular weight is 1080 g/mol. The molecule has 65 heavy (non-hydrogen) atoms. The molecule has 0 aliphatic heterocycles. The third-order valence-electron chi connectivity index (χ3n) is 14.4. The molecule has 0 unspecified atom stereocenters. The van der Waals surface area contributed by atoms with E-state index in [4.69, 9.17) is 4.98 Å². The second kappa shape index (κ2) is 21.5. The molecule has 1 aliphatic rings. The summed E-state index contributed by atoms with van der Waals surface area (Å²) in [6, 6.07) is 32.2. The molecule has 1 radical (unpaired) electrons. The van der Waals surface area contributed by atoms with Gasteiger partial charge in [-0.15, -0.1) is 40.5 Å². The summed E-state index contributed by atoms with van der Waals surface area (Å²) in [6.07, 6.45) is 12.0. The van der Waals surface area contributed by atoms with Crippen LogP contribution in [-0.2, 0) is 30.3 Å². The number of fused-ring (bicyclic) bond motifs is 2. The molecule has 4 aromatic carbocycles. The van der Waals surface area contributed by atoms with Crippen LogP contribution in [0.5, 0.6) is 0 Å². The first kappa shape index (κ1) is 52.3. The van der Waals surface area contributed by atoms with Crippen LogP contribution in [0.1, 0.15) is 147 Å². The first-order valence-corrected chi connectivity index (χ1v) is 27.1. The molecule has 349 valence electrons. The van der Waals surface area contributed by atoms with Crippen LogP contribution in [0, 0.1) is 57.9 Å². The van der Waals surface area contributed by atoms with Crippen LogP contribution < -0.4 is 14.9 Å². The Morgan fingerprint density at radius 1 is 0.800 bits per heavy atom. The van der Waals surface area contributed by atoms with E-state index < -0.39 is 8.07 Å². The van der Waals surface area contributed by atoms with Crippen molar-refractivity contribution in [3.05, 3.63) is 130 Å². The van der Waals surface area contributed by atoms with E-state index in [9.17, 15) is 9.90 Å². The molecule has 1 N–H and O–H groups in total. The van der Waals surface area contributed by atoms with Crippen molar-refractivity contribution < 1.29 is 30.0 Å². The number of pyridine rings is 1. The van der Waals surface area contributed by atoms with Crippen molar-refractivity contribution in [3.8, 4) is 11.3 Å². The molecule has 6 aromatic rings. The summed E-state index contributed by atoms with van der Waals surface area (Å²) in [7, 11) is -2.57. The summed E-state index contributed by atoms with van der Waals surface area (Å²) < 4.78 is 2.93. The molecule has 1 fully saturated rings. The maximum absolute atomic E-state index is 11.7.